The maximum absolute atomic E-state index is 12.2. The number of hydrogen-bond donors (Lipinski definition) is 1. The number of amides is 2. The van der Waals surface area contributed by atoms with Gasteiger partial charge in [-0.1, -0.05) is 29.8 Å². The van der Waals surface area contributed by atoms with E-state index in [1.54, 1.807) is 4.90 Å². The molecule has 0 aliphatic carbocycles. The fourth-order valence-electron chi connectivity index (χ4n) is 2.77. The maximum atomic E-state index is 12.2. The van der Waals surface area contributed by atoms with Crippen LogP contribution in [0.4, 0.5) is 0 Å². The lowest BCUT2D eigenvalue weighted by molar-refractivity contribution is -0.129. The van der Waals surface area contributed by atoms with Crippen molar-refractivity contribution < 1.29 is 9.59 Å². The Morgan fingerprint density at radius 3 is 2.65 bits per heavy atom. The summed E-state index contributed by atoms with van der Waals surface area (Å²) < 4.78 is 0. The summed E-state index contributed by atoms with van der Waals surface area (Å²) in [5.74, 6) is -0.144. The van der Waals surface area contributed by atoms with Crippen LogP contribution in [-0.2, 0) is 16.1 Å². The topological polar surface area (TPSA) is 52.7 Å². The highest BCUT2D eigenvalue weighted by molar-refractivity contribution is 5.89. The molecule has 1 unspecified atom stereocenters. The summed E-state index contributed by atoms with van der Waals surface area (Å²) in [7, 11) is 4.03. The van der Waals surface area contributed by atoms with Crippen molar-refractivity contribution in [2.45, 2.75) is 26.3 Å². The number of likely N-dealkylation sites (tertiary alicyclic amines) is 1. The van der Waals surface area contributed by atoms with Crippen LogP contribution in [0, 0.1) is 12.8 Å². The number of benzene rings is 1. The smallest absolute Gasteiger partial charge is 0.225 e. The number of aryl methyl sites for hydroxylation is 1. The molecule has 0 aromatic heterocycles. The minimum atomic E-state index is -0.215. The third-order valence-corrected chi connectivity index (χ3v) is 4.16. The molecule has 1 aromatic rings. The first kappa shape index (κ1) is 17.5. The fourth-order valence-corrected chi connectivity index (χ4v) is 2.77. The van der Waals surface area contributed by atoms with Crippen LogP contribution >= 0.6 is 0 Å². The lowest BCUT2D eigenvalue weighted by Crippen LogP contribution is -2.34. The largest absolute Gasteiger partial charge is 0.356 e. The van der Waals surface area contributed by atoms with Crippen LogP contribution < -0.4 is 5.32 Å². The van der Waals surface area contributed by atoms with Crippen LogP contribution in [0.3, 0.4) is 0 Å². The molecule has 1 aromatic carbocycles. The number of hydrogen-bond acceptors (Lipinski definition) is 3. The molecular formula is C18H27N3O2. The van der Waals surface area contributed by atoms with Gasteiger partial charge in [-0.2, -0.15) is 0 Å². The minimum absolute atomic E-state index is 0.00325. The fraction of sp³-hybridized carbons (Fsp3) is 0.556. The highest BCUT2D eigenvalue weighted by Crippen LogP contribution is 2.20. The predicted octanol–water partition coefficient (Wildman–Crippen LogP) is 1.41. The summed E-state index contributed by atoms with van der Waals surface area (Å²) in [6.07, 6.45) is 1.25. The minimum Gasteiger partial charge on any atom is -0.356 e. The van der Waals surface area contributed by atoms with Crippen LogP contribution in [0.25, 0.3) is 0 Å². The standard InChI is InChI=1S/C18H27N3O2/c1-14-5-7-15(8-6-14)12-21-13-16(11-17(21)22)18(23)19-9-4-10-20(2)3/h5-8,16H,4,9-13H2,1-3H3,(H,19,23). The molecule has 1 fully saturated rings. The molecule has 1 saturated heterocycles. The Labute approximate surface area is 138 Å². The van der Waals surface area contributed by atoms with Gasteiger partial charge in [0.15, 0.2) is 0 Å². The van der Waals surface area contributed by atoms with E-state index in [0.29, 0.717) is 26.1 Å². The summed E-state index contributed by atoms with van der Waals surface area (Å²) in [4.78, 5) is 28.2. The monoisotopic (exact) mass is 317 g/mol. The molecule has 1 N–H and O–H groups in total. The molecule has 5 nitrogen and oxygen atoms in total. The van der Waals surface area contributed by atoms with E-state index in [4.69, 9.17) is 0 Å². The average molecular weight is 317 g/mol. The first-order chi connectivity index (χ1) is 11.0. The van der Waals surface area contributed by atoms with Crippen LogP contribution in [0.1, 0.15) is 24.0 Å². The van der Waals surface area contributed by atoms with E-state index in [9.17, 15) is 9.59 Å². The second kappa shape index (κ2) is 8.11. The highest BCUT2D eigenvalue weighted by Gasteiger charge is 2.33. The quantitative estimate of drug-likeness (QED) is 0.774. The van der Waals surface area contributed by atoms with Crippen molar-refractivity contribution in [2.24, 2.45) is 5.92 Å². The van der Waals surface area contributed by atoms with Crippen molar-refractivity contribution in [1.29, 1.82) is 0 Å². The van der Waals surface area contributed by atoms with Gasteiger partial charge in [-0.25, -0.2) is 0 Å². The SMILES string of the molecule is Cc1ccc(CN2CC(C(=O)NCCCN(C)C)CC2=O)cc1. The Morgan fingerprint density at radius 2 is 2.00 bits per heavy atom. The zero-order valence-electron chi connectivity index (χ0n) is 14.3. The van der Waals surface area contributed by atoms with Gasteiger partial charge in [0.25, 0.3) is 0 Å². The van der Waals surface area contributed by atoms with Gasteiger partial charge in [0.2, 0.25) is 11.8 Å². The van der Waals surface area contributed by atoms with Crippen molar-refractivity contribution >= 4 is 11.8 Å². The van der Waals surface area contributed by atoms with E-state index in [1.165, 1.54) is 5.56 Å². The molecule has 2 rings (SSSR count). The zero-order valence-corrected chi connectivity index (χ0v) is 14.3. The van der Waals surface area contributed by atoms with E-state index >= 15 is 0 Å². The molecule has 5 heteroatoms. The van der Waals surface area contributed by atoms with Crippen molar-refractivity contribution in [1.82, 2.24) is 15.1 Å². The van der Waals surface area contributed by atoms with Gasteiger partial charge in [0, 0.05) is 26.1 Å². The Kier molecular flexibility index (Phi) is 6.16. The van der Waals surface area contributed by atoms with Crippen molar-refractivity contribution in [3.8, 4) is 0 Å². The second-order valence-electron chi connectivity index (χ2n) is 6.61. The molecule has 1 atom stereocenters. The molecule has 1 aliphatic rings. The summed E-state index contributed by atoms with van der Waals surface area (Å²) in [6.45, 7) is 4.76. The Bertz CT molecular complexity index is 540. The van der Waals surface area contributed by atoms with E-state index in [2.05, 4.69) is 10.2 Å². The maximum Gasteiger partial charge on any atom is 0.225 e. The van der Waals surface area contributed by atoms with E-state index in [0.717, 1.165) is 18.5 Å². The summed E-state index contributed by atoms with van der Waals surface area (Å²) in [5, 5.41) is 2.95. The van der Waals surface area contributed by atoms with Crippen LogP contribution in [-0.4, -0.2) is 55.3 Å². The Hall–Kier alpha value is -1.88. The van der Waals surface area contributed by atoms with Crippen molar-refractivity contribution in [3.05, 3.63) is 35.4 Å². The van der Waals surface area contributed by atoms with E-state index in [-0.39, 0.29) is 17.7 Å². The van der Waals surface area contributed by atoms with Gasteiger partial charge in [0.05, 0.1) is 5.92 Å². The Morgan fingerprint density at radius 1 is 1.30 bits per heavy atom. The van der Waals surface area contributed by atoms with Crippen LogP contribution in [0.5, 0.6) is 0 Å². The Balaban J connectivity index is 1.79. The summed E-state index contributed by atoms with van der Waals surface area (Å²) in [5.41, 5.74) is 2.31. The third-order valence-electron chi connectivity index (χ3n) is 4.16. The lowest BCUT2D eigenvalue weighted by Gasteiger charge is -2.17. The molecule has 0 saturated carbocycles. The van der Waals surface area contributed by atoms with E-state index in [1.807, 2.05) is 45.3 Å². The summed E-state index contributed by atoms with van der Waals surface area (Å²) >= 11 is 0. The normalized spacial score (nSPS) is 17.8. The summed E-state index contributed by atoms with van der Waals surface area (Å²) in [6, 6.07) is 8.17. The zero-order chi connectivity index (χ0) is 16.8. The van der Waals surface area contributed by atoms with Gasteiger partial charge < -0.3 is 15.1 Å². The molecular weight excluding hydrogens is 290 g/mol. The molecule has 23 heavy (non-hydrogen) atoms. The van der Waals surface area contributed by atoms with Crippen molar-refractivity contribution in [2.75, 3.05) is 33.7 Å². The lowest BCUT2D eigenvalue weighted by atomic mass is 10.1. The van der Waals surface area contributed by atoms with Gasteiger partial charge in [0.1, 0.15) is 0 Å². The molecule has 1 aliphatic heterocycles. The highest BCUT2D eigenvalue weighted by atomic mass is 16.2. The third kappa shape index (κ3) is 5.36. The van der Waals surface area contributed by atoms with E-state index < -0.39 is 0 Å². The van der Waals surface area contributed by atoms with Crippen LogP contribution in [0.15, 0.2) is 24.3 Å². The number of carbonyl (C=O) groups is 2. The molecule has 0 bridgehead atoms. The van der Waals surface area contributed by atoms with Crippen LogP contribution in [0.2, 0.25) is 0 Å². The first-order valence-corrected chi connectivity index (χ1v) is 8.21. The van der Waals surface area contributed by atoms with Crippen molar-refractivity contribution in [3.63, 3.8) is 0 Å². The number of nitrogens with zero attached hydrogens (tertiary/aromatic N) is 2. The molecule has 126 valence electrons. The average Bonchev–Trinajstić information content (AvgIpc) is 2.87. The van der Waals surface area contributed by atoms with Gasteiger partial charge in [-0.15, -0.1) is 0 Å². The van der Waals surface area contributed by atoms with Gasteiger partial charge >= 0.3 is 0 Å². The number of nitrogens with one attached hydrogen (secondary N) is 1. The number of rotatable bonds is 7. The number of carbonyl (C=O) groups excluding carboxylic acids is 2. The second-order valence-corrected chi connectivity index (χ2v) is 6.61. The first-order valence-electron chi connectivity index (χ1n) is 8.21. The molecule has 1 heterocycles. The van der Waals surface area contributed by atoms with Gasteiger partial charge in [-0.05, 0) is 39.5 Å². The van der Waals surface area contributed by atoms with Gasteiger partial charge in [-0.3, -0.25) is 9.59 Å². The molecule has 2 amide bonds. The molecule has 0 radical (unpaired) electrons. The molecule has 0 spiro atoms. The predicted molar refractivity (Wildman–Crippen MR) is 90.9 cm³/mol.